The van der Waals surface area contributed by atoms with Gasteiger partial charge in [0.25, 0.3) is 0 Å². The maximum absolute atomic E-state index is 5.92. The van der Waals surface area contributed by atoms with E-state index < -0.39 is 0 Å². The molecule has 0 aromatic rings. The van der Waals surface area contributed by atoms with E-state index >= 15 is 0 Å². The zero-order valence-electron chi connectivity index (χ0n) is 12.4. The van der Waals surface area contributed by atoms with Crippen LogP contribution in [0.1, 0.15) is 52.4 Å². The third-order valence-corrected chi connectivity index (χ3v) is 6.03. The van der Waals surface area contributed by atoms with Crippen molar-refractivity contribution in [3.05, 3.63) is 0 Å². The van der Waals surface area contributed by atoms with Crippen molar-refractivity contribution in [2.24, 2.45) is 28.9 Å². The van der Waals surface area contributed by atoms with E-state index in [-0.39, 0.29) is 5.41 Å². The lowest BCUT2D eigenvalue weighted by atomic mass is 9.52. The highest BCUT2D eigenvalue weighted by molar-refractivity contribution is 5.07. The van der Waals surface area contributed by atoms with Gasteiger partial charge in [0.05, 0.1) is 0 Å². The van der Waals surface area contributed by atoms with Gasteiger partial charge in [-0.05, 0) is 75.3 Å². The smallest absolute Gasteiger partial charge is 0.0214 e. The second kappa shape index (κ2) is 4.21. The normalized spacial score (nSPS) is 42.8. The lowest BCUT2D eigenvalue weighted by molar-refractivity contribution is -0.0875. The molecule has 0 unspecified atom stereocenters. The molecule has 0 heterocycles. The van der Waals surface area contributed by atoms with Gasteiger partial charge in [-0.15, -0.1) is 0 Å². The first-order valence-corrected chi connectivity index (χ1v) is 7.84. The first-order valence-electron chi connectivity index (χ1n) is 7.84. The van der Waals surface area contributed by atoms with Gasteiger partial charge in [0.1, 0.15) is 0 Å². The standard InChI is InChI=1S/C16H30N2/c1-15(2,10-17)11-18(3)16-7-12-4-13(8-16)6-14(5-12)9-16/h12-14H,4-11,17H2,1-3H3. The molecule has 4 rings (SSSR count). The van der Waals surface area contributed by atoms with Gasteiger partial charge in [0, 0.05) is 12.1 Å². The molecule has 0 aromatic carbocycles. The molecule has 0 saturated heterocycles. The van der Waals surface area contributed by atoms with Crippen LogP contribution in [0.15, 0.2) is 0 Å². The largest absolute Gasteiger partial charge is 0.330 e. The molecule has 4 bridgehead atoms. The molecule has 2 N–H and O–H groups in total. The van der Waals surface area contributed by atoms with Crippen LogP contribution in [0.3, 0.4) is 0 Å². The molecule has 0 radical (unpaired) electrons. The van der Waals surface area contributed by atoms with Crippen molar-refractivity contribution in [1.82, 2.24) is 4.90 Å². The summed E-state index contributed by atoms with van der Waals surface area (Å²) < 4.78 is 0. The van der Waals surface area contributed by atoms with Gasteiger partial charge in [0.15, 0.2) is 0 Å². The summed E-state index contributed by atoms with van der Waals surface area (Å²) in [6.07, 6.45) is 9.01. The number of nitrogens with zero attached hydrogens (tertiary/aromatic N) is 1. The summed E-state index contributed by atoms with van der Waals surface area (Å²) in [4.78, 5) is 2.70. The Morgan fingerprint density at radius 3 is 1.89 bits per heavy atom. The first kappa shape index (κ1) is 12.9. The zero-order chi connectivity index (χ0) is 13.0. The van der Waals surface area contributed by atoms with Crippen molar-refractivity contribution in [2.45, 2.75) is 57.9 Å². The van der Waals surface area contributed by atoms with E-state index in [1.54, 1.807) is 0 Å². The Kier molecular flexibility index (Phi) is 3.02. The van der Waals surface area contributed by atoms with Gasteiger partial charge >= 0.3 is 0 Å². The molecular formula is C16H30N2. The molecule has 0 aliphatic heterocycles. The van der Waals surface area contributed by atoms with Crippen LogP contribution in [-0.2, 0) is 0 Å². The van der Waals surface area contributed by atoms with Crippen LogP contribution in [0.25, 0.3) is 0 Å². The van der Waals surface area contributed by atoms with Crippen molar-refractivity contribution < 1.29 is 0 Å². The molecule has 4 aliphatic carbocycles. The maximum atomic E-state index is 5.92. The van der Waals surface area contributed by atoms with Crippen LogP contribution in [0.4, 0.5) is 0 Å². The van der Waals surface area contributed by atoms with Crippen LogP contribution in [0, 0.1) is 23.2 Å². The van der Waals surface area contributed by atoms with Crippen molar-refractivity contribution in [2.75, 3.05) is 20.1 Å². The fourth-order valence-corrected chi connectivity index (χ4v) is 5.41. The molecule has 4 saturated carbocycles. The Bertz CT molecular complexity index is 286. The quantitative estimate of drug-likeness (QED) is 0.831. The molecule has 4 aliphatic rings. The Balaban J connectivity index is 1.75. The third-order valence-electron chi connectivity index (χ3n) is 6.03. The van der Waals surface area contributed by atoms with Crippen LogP contribution in [0.2, 0.25) is 0 Å². The van der Waals surface area contributed by atoms with Crippen molar-refractivity contribution >= 4 is 0 Å². The van der Waals surface area contributed by atoms with Crippen molar-refractivity contribution in [1.29, 1.82) is 0 Å². The molecule has 104 valence electrons. The summed E-state index contributed by atoms with van der Waals surface area (Å²) in [5.74, 6) is 3.12. The fourth-order valence-electron chi connectivity index (χ4n) is 5.41. The summed E-state index contributed by atoms with van der Waals surface area (Å²) in [6, 6.07) is 0. The molecule has 18 heavy (non-hydrogen) atoms. The number of hydrogen-bond acceptors (Lipinski definition) is 2. The van der Waals surface area contributed by atoms with Gasteiger partial charge in [-0.3, -0.25) is 0 Å². The second-order valence-corrected chi connectivity index (χ2v) is 8.37. The Morgan fingerprint density at radius 2 is 1.50 bits per heavy atom. The minimum absolute atomic E-state index is 0.262. The van der Waals surface area contributed by atoms with Crippen molar-refractivity contribution in [3.8, 4) is 0 Å². The van der Waals surface area contributed by atoms with Crippen molar-refractivity contribution in [3.63, 3.8) is 0 Å². The first-order chi connectivity index (χ1) is 8.42. The molecule has 0 spiro atoms. The van der Waals surface area contributed by atoms with E-state index in [1.165, 1.54) is 38.5 Å². The van der Waals surface area contributed by atoms with E-state index in [9.17, 15) is 0 Å². The fraction of sp³-hybridized carbons (Fsp3) is 1.00. The Morgan fingerprint density at radius 1 is 1.06 bits per heavy atom. The van der Waals surface area contributed by atoms with Crippen LogP contribution in [-0.4, -0.2) is 30.6 Å². The highest BCUT2D eigenvalue weighted by Gasteiger charge is 2.52. The summed E-state index contributed by atoms with van der Waals surface area (Å²) in [5, 5.41) is 0. The Hall–Kier alpha value is -0.0800. The second-order valence-electron chi connectivity index (χ2n) is 8.37. The average Bonchev–Trinajstić information content (AvgIpc) is 2.26. The van der Waals surface area contributed by atoms with E-state index in [4.69, 9.17) is 5.73 Å². The highest BCUT2D eigenvalue weighted by Crippen LogP contribution is 2.57. The van der Waals surface area contributed by atoms with Gasteiger partial charge in [-0.2, -0.15) is 0 Å². The van der Waals surface area contributed by atoms with Crippen LogP contribution < -0.4 is 5.73 Å². The van der Waals surface area contributed by atoms with E-state index in [0.29, 0.717) is 5.54 Å². The van der Waals surface area contributed by atoms with E-state index in [0.717, 1.165) is 30.8 Å². The minimum atomic E-state index is 0.262. The molecule has 2 heteroatoms. The molecule has 0 amide bonds. The predicted octanol–water partition coefficient (Wildman–Crippen LogP) is 2.87. The molecule has 4 fully saturated rings. The lowest BCUT2D eigenvalue weighted by Gasteiger charge is -2.60. The molecule has 2 nitrogen and oxygen atoms in total. The van der Waals surface area contributed by atoms with Gasteiger partial charge in [-0.25, -0.2) is 0 Å². The third kappa shape index (κ3) is 2.12. The number of nitrogens with two attached hydrogens (primary N) is 1. The minimum Gasteiger partial charge on any atom is -0.330 e. The summed E-state index contributed by atoms with van der Waals surface area (Å²) >= 11 is 0. The average molecular weight is 250 g/mol. The SMILES string of the molecule is CN(CC(C)(C)CN)C12CC3CC(CC(C3)C1)C2. The topological polar surface area (TPSA) is 29.3 Å². The molecular weight excluding hydrogens is 220 g/mol. The monoisotopic (exact) mass is 250 g/mol. The summed E-state index contributed by atoms with van der Waals surface area (Å²) in [5.41, 5.74) is 6.72. The van der Waals surface area contributed by atoms with Gasteiger partial charge in [0.2, 0.25) is 0 Å². The number of rotatable bonds is 4. The molecule has 0 aromatic heterocycles. The van der Waals surface area contributed by atoms with E-state index in [1.807, 2.05) is 0 Å². The van der Waals surface area contributed by atoms with Crippen LogP contribution in [0.5, 0.6) is 0 Å². The van der Waals surface area contributed by atoms with E-state index in [2.05, 4.69) is 25.8 Å². The highest BCUT2D eigenvalue weighted by atomic mass is 15.2. The number of hydrogen-bond donors (Lipinski definition) is 1. The predicted molar refractivity (Wildman–Crippen MR) is 76.4 cm³/mol. The maximum Gasteiger partial charge on any atom is 0.0214 e. The van der Waals surface area contributed by atoms with Gasteiger partial charge < -0.3 is 10.6 Å². The van der Waals surface area contributed by atoms with Crippen LogP contribution >= 0.6 is 0 Å². The summed E-state index contributed by atoms with van der Waals surface area (Å²) in [6.45, 7) is 6.58. The lowest BCUT2D eigenvalue weighted by Crippen LogP contribution is -2.60. The van der Waals surface area contributed by atoms with Gasteiger partial charge in [-0.1, -0.05) is 13.8 Å². The molecule has 0 atom stereocenters. The summed E-state index contributed by atoms with van der Waals surface area (Å²) in [7, 11) is 2.37. The Labute approximate surface area is 112 Å². The zero-order valence-corrected chi connectivity index (χ0v) is 12.4.